The number of nitrogens with zero attached hydrogens (tertiary/aromatic N) is 2. The molecular formula is C27H33N3O3S. The van der Waals surface area contributed by atoms with E-state index in [1.54, 1.807) is 0 Å². The van der Waals surface area contributed by atoms with Crippen LogP contribution in [-0.4, -0.2) is 35.1 Å². The Morgan fingerprint density at radius 1 is 1.21 bits per heavy atom. The molecule has 2 aliphatic carbocycles. The lowest BCUT2D eigenvalue weighted by atomic mass is 9.92. The fraction of sp³-hybridized carbons (Fsp3) is 0.519. The van der Waals surface area contributed by atoms with Crippen molar-refractivity contribution in [1.82, 2.24) is 10.2 Å². The van der Waals surface area contributed by atoms with Gasteiger partial charge in [0.15, 0.2) is 5.17 Å². The Balaban J connectivity index is 1.42. The highest BCUT2D eigenvalue weighted by Gasteiger charge is 2.42. The number of fused-ring (bicyclic) bond motifs is 3. The zero-order valence-corrected chi connectivity index (χ0v) is 21.2. The van der Waals surface area contributed by atoms with E-state index in [1.807, 2.05) is 12.3 Å². The molecule has 2 heterocycles. The zero-order chi connectivity index (χ0) is 24.0. The van der Waals surface area contributed by atoms with Crippen LogP contribution in [0.5, 0.6) is 0 Å². The molecular weight excluding hydrogens is 446 g/mol. The van der Waals surface area contributed by atoms with Crippen LogP contribution in [0, 0.1) is 11.8 Å². The number of carbonyl (C=O) groups excluding carboxylic acids is 2. The van der Waals surface area contributed by atoms with Crippen LogP contribution in [0.2, 0.25) is 0 Å². The number of hydrogen-bond acceptors (Lipinski definition) is 6. The summed E-state index contributed by atoms with van der Waals surface area (Å²) in [5.41, 5.74) is 4.27. The minimum Gasteiger partial charge on any atom is -0.466 e. The number of aliphatic imine (C=N–C) groups is 1. The van der Waals surface area contributed by atoms with Crippen molar-refractivity contribution in [3.8, 4) is 0 Å². The van der Waals surface area contributed by atoms with Crippen LogP contribution in [0.15, 0.2) is 51.6 Å². The molecule has 180 valence electrons. The van der Waals surface area contributed by atoms with Gasteiger partial charge >= 0.3 is 5.97 Å². The number of amidine groups is 1. The molecule has 0 unspecified atom stereocenters. The Bertz CT molecular complexity index is 1090. The Morgan fingerprint density at radius 2 is 1.97 bits per heavy atom. The van der Waals surface area contributed by atoms with Gasteiger partial charge < -0.3 is 15.0 Å². The number of carbonyl (C=O) groups is 2. The van der Waals surface area contributed by atoms with Gasteiger partial charge in [0.25, 0.3) is 0 Å². The molecule has 1 aromatic rings. The number of hydrogen-bond donors (Lipinski definition) is 1. The first-order chi connectivity index (χ1) is 16.4. The van der Waals surface area contributed by atoms with Crippen molar-refractivity contribution in [2.24, 2.45) is 16.8 Å². The maximum absolute atomic E-state index is 13.1. The molecule has 2 saturated carbocycles. The first-order valence-electron chi connectivity index (χ1n) is 12.3. The molecule has 2 fully saturated rings. The van der Waals surface area contributed by atoms with E-state index in [-0.39, 0.29) is 24.3 Å². The van der Waals surface area contributed by atoms with Crippen LogP contribution in [-0.2, 0) is 14.3 Å². The largest absolute Gasteiger partial charge is 0.466 e. The Kier molecular flexibility index (Phi) is 6.32. The molecule has 34 heavy (non-hydrogen) atoms. The molecule has 2 bridgehead atoms. The lowest BCUT2D eigenvalue weighted by Crippen LogP contribution is -2.41. The second-order valence-corrected chi connectivity index (χ2v) is 11.1. The highest BCUT2D eigenvalue weighted by Crippen LogP contribution is 2.46. The van der Waals surface area contributed by atoms with E-state index < -0.39 is 0 Å². The van der Waals surface area contributed by atoms with Gasteiger partial charge in [-0.2, -0.15) is 0 Å². The van der Waals surface area contributed by atoms with E-state index in [4.69, 9.17) is 9.73 Å². The first-order valence-corrected chi connectivity index (χ1v) is 13.2. The quantitative estimate of drug-likeness (QED) is 0.564. The maximum atomic E-state index is 13.1. The molecule has 1 amide bonds. The number of esters is 1. The SMILES string of the molecule is COC(=O)C1=C(C)N=C2SC=C(CC(=O)N[C@H]3C[C@H]4CC[C@H]3C4)N2[C@@H]1c1ccc(C(C)C)cc1. The highest BCUT2D eigenvalue weighted by molar-refractivity contribution is 8.16. The lowest BCUT2D eigenvalue weighted by Gasteiger charge is -2.36. The molecule has 0 spiro atoms. The predicted molar refractivity (Wildman–Crippen MR) is 135 cm³/mol. The molecule has 4 aliphatic rings. The fourth-order valence-corrected chi connectivity index (χ4v) is 6.93. The third-order valence-corrected chi connectivity index (χ3v) is 8.64. The molecule has 6 nitrogen and oxygen atoms in total. The van der Waals surface area contributed by atoms with E-state index in [1.165, 1.54) is 43.7 Å². The van der Waals surface area contributed by atoms with Crippen LogP contribution in [0.1, 0.15) is 76.0 Å². The number of ether oxygens (including phenoxy) is 1. The summed E-state index contributed by atoms with van der Waals surface area (Å²) in [4.78, 5) is 32.7. The number of rotatable bonds is 6. The number of benzene rings is 1. The predicted octanol–water partition coefficient (Wildman–Crippen LogP) is 5.25. The summed E-state index contributed by atoms with van der Waals surface area (Å²) in [5, 5.41) is 6.10. The molecule has 4 atom stereocenters. The summed E-state index contributed by atoms with van der Waals surface area (Å²) in [6.07, 6.45) is 5.19. The maximum Gasteiger partial charge on any atom is 0.338 e. The van der Waals surface area contributed by atoms with Crippen LogP contribution in [0.3, 0.4) is 0 Å². The van der Waals surface area contributed by atoms with Crippen molar-refractivity contribution in [2.75, 3.05) is 7.11 Å². The molecule has 0 saturated heterocycles. The Labute approximate surface area is 205 Å². The third-order valence-electron chi connectivity index (χ3n) is 7.75. The summed E-state index contributed by atoms with van der Waals surface area (Å²) in [5.74, 6) is 1.50. The number of methoxy groups -OCH3 is 1. The van der Waals surface area contributed by atoms with Gasteiger partial charge in [-0.05, 0) is 60.5 Å². The van der Waals surface area contributed by atoms with Gasteiger partial charge in [0.1, 0.15) is 0 Å². The molecule has 0 radical (unpaired) electrons. The van der Waals surface area contributed by atoms with Gasteiger partial charge in [0.2, 0.25) is 5.91 Å². The van der Waals surface area contributed by atoms with Gasteiger partial charge in [0, 0.05) is 11.7 Å². The number of thioether (sulfide) groups is 1. The smallest absolute Gasteiger partial charge is 0.338 e. The minimum absolute atomic E-state index is 0.0467. The average molecular weight is 480 g/mol. The zero-order valence-electron chi connectivity index (χ0n) is 20.3. The molecule has 1 N–H and O–H groups in total. The van der Waals surface area contributed by atoms with Crippen molar-refractivity contribution in [3.05, 3.63) is 57.8 Å². The van der Waals surface area contributed by atoms with E-state index in [0.717, 1.165) is 28.8 Å². The molecule has 7 heteroatoms. The standard InChI is InChI=1S/C27H33N3O3S/c1-15(2)18-7-9-19(10-8-18)25-24(26(32)33-4)16(3)28-27-30(25)21(14-34-27)13-23(31)29-22-12-17-5-6-20(22)11-17/h7-10,14-15,17,20,22,25H,5-6,11-13H2,1-4H3,(H,29,31)/t17-,20-,22-,25+/m0/s1. The van der Waals surface area contributed by atoms with Gasteiger partial charge in [-0.15, -0.1) is 0 Å². The summed E-state index contributed by atoms with van der Waals surface area (Å²) in [6.45, 7) is 6.18. The topological polar surface area (TPSA) is 71.0 Å². The van der Waals surface area contributed by atoms with Gasteiger partial charge in [-0.3, -0.25) is 4.79 Å². The minimum atomic E-state index is -0.388. The summed E-state index contributed by atoms with van der Waals surface area (Å²) in [6, 6.07) is 8.32. The monoisotopic (exact) mass is 479 g/mol. The van der Waals surface area contributed by atoms with Crippen molar-refractivity contribution < 1.29 is 14.3 Å². The Hall–Kier alpha value is -2.54. The highest BCUT2D eigenvalue weighted by atomic mass is 32.2. The summed E-state index contributed by atoms with van der Waals surface area (Å²) < 4.78 is 5.16. The number of nitrogens with one attached hydrogen (secondary N) is 1. The van der Waals surface area contributed by atoms with Crippen molar-refractivity contribution in [3.63, 3.8) is 0 Å². The second-order valence-electron chi connectivity index (χ2n) is 10.2. The van der Waals surface area contributed by atoms with E-state index in [0.29, 0.717) is 29.1 Å². The average Bonchev–Trinajstić information content (AvgIpc) is 3.54. The van der Waals surface area contributed by atoms with Gasteiger partial charge in [0.05, 0.1) is 30.8 Å². The second kappa shape index (κ2) is 9.25. The van der Waals surface area contributed by atoms with Crippen molar-refractivity contribution in [1.29, 1.82) is 0 Å². The van der Waals surface area contributed by atoms with Crippen LogP contribution < -0.4 is 5.32 Å². The van der Waals surface area contributed by atoms with E-state index in [9.17, 15) is 9.59 Å². The first kappa shape index (κ1) is 23.2. The van der Waals surface area contributed by atoms with Crippen molar-refractivity contribution in [2.45, 2.75) is 70.9 Å². The third kappa shape index (κ3) is 4.19. The summed E-state index contributed by atoms with van der Waals surface area (Å²) >= 11 is 1.51. The number of amides is 1. The number of allylic oxidation sites excluding steroid dienone is 1. The van der Waals surface area contributed by atoms with E-state index in [2.05, 4.69) is 48.3 Å². The van der Waals surface area contributed by atoms with Crippen LogP contribution in [0.25, 0.3) is 0 Å². The van der Waals surface area contributed by atoms with Crippen LogP contribution in [0.4, 0.5) is 0 Å². The fourth-order valence-electron chi connectivity index (χ4n) is 5.96. The van der Waals surface area contributed by atoms with E-state index >= 15 is 0 Å². The van der Waals surface area contributed by atoms with Gasteiger partial charge in [-0.25, -0.2) is 9.79 Å². The Morgan fingerprint density at radius 3 is 2.59 bits per heavy atom. The normalized spacial score (nSPS) is 27.6. The molecule has 1 aromatic carbocycles. The molecule has 5 rings (SSSR count). The molecule has 2 aliphatic heterocycles. The molecule has 0 aromatic heterocycles. The van der Waals surface area contributed by atoms with Crippen molar-refractivity contribution >= 4 is 28.8 Å². The van der Waals surface area contributed by atoms with Crippen LogP contribution >= 0.6 is 11.8 Å². The van der Waals surface area contributed by atoms with Gasteiger partial charge in [-0.1, -0.05) is 56.3 Å². The summed E-state index contributed by atoms with van der Waals surface area (Å²) in [7, 11) is 1.40. The lowest BCUT2D eigenvalue weighted by molar-refractivity contribution is -0.136.